The number of unbranched alkanes of at least 4 members (excludes halogenated alkanes) is 36. The van der Waals surface area contributed by atoms with E-state index in [9.17, 15) is 20.4 Å². The number of hydrogen-bond donors (Lipinski definition) is 6. The van der Waals surface area contributed by atoms with Crippen molar-refractivity contribution < 1.29 is 39.5 Å². The van der Waals surface area contributed by atoms with Gasteiger partial charge in [-0.25, -0.2) is 0 Å². The number of thiol groups is 2. The Balaban J connectivity index is 2.30. The third kappa shape index (κ3) is 37.0. The van der Waals surface area contributed by atoms with Crippen LogP contribution in [0.15, 0.2) is 48.5 Å². The van der Waals surface area contributed by atoms with Crippen LogP contribution in [0.3, 0.4) is 0 Å². The largest absolute Gasteiger partial charge is 0.507 e. The van der Waals surface area contributed by atoms with E-state index in [0.717, 1.165) is 169 Å². The highest BCUT2D eigenvalue weighted by Gasteiger charge is 2.55. The second kappa shape index (κ2) is 51.7. The number of ether oxygens (including phenoxy) is 2. The van der Waals surface area contributed by atoms with E-state index in [1.54, 1.807) is 0 Å². The van der Waals surface area contributed by atoms with Gasteiger partial charge >= 0.3 is 11.9 Å². The van der Waals surface area contributed by atoms with E-state index >= 15 is 9.59 Å². The van der Waals surface area contributed by atoms with Gasteiger partial charge in [0, 0.05) is 0 Å². The van der Waals surface area contributed by atoms with Crippen LogP contribution in [-0.2, 0) is 88.1 Å². The van der Waals surface area contributed by atoms with Gasteiger partial charge in [-0.1, -0.05) is 474 Å². The Kier molecular flexibility index (Phi) is 46.7. The molecule has 0 aliphatic carbocycles. The first kappa shape index (κ1) is 113. The molecule has 0 radical (unpaired) electrons. The highest BCUT2D eigenvalue weighted by molar-refractivity contribution is 7.82. The SMILES string of the molecule is CCCCCCCCCCCCC(CCCCCCCCCCCC)(OC(=O)CC(=O)OC(CCCCCCCCCCCC)(CCCCCCCCCCCC)C(S)(Cc1cc(C(C)(C)C)c(O)c(C(C)(C)C)c1)Cc1cc(C(C)(C)C)c(O)c(C(C)(C)C)c1)C(S)(Cc1cc(C(C)(C)C)c(O)c(C(C)(C)C)c1)Cc1cc(C(C)(C)C)c(O)c(C(C)(C)C)c1. The maximum atomic E-state index is 16.9. The van der Waals surface area contributed by atoms with Crippen LogP contribution in [0.25, 0.3) is 0 Å². The molecule has 0 bridgehead atoms. The lowest BCUT2D eigenvalue weighted by atomic mass is 9.70. The summed E-state index contributed by atoms with van der Waals surface area (Å²) in [6.07, 6.45) is 48.2. The van der Waals surface area contributed by atoms with Crippen molar-refractivity contribution in [3.63, 3.8) is 0 Å². The molecule has 0 saturated carbocycles. The van der Waals surface area contributed by atoms with Crippen molar-refractivity contribution in [1.29, 1.82) is 0 Å². The summed E-state index contributed by atoms with van der Waals surface area (Å²) in [7, 11) is 0. The summed E-state index contributed by atoms with van der Waals surface area (Å²) < 4.78 is 13.4. The number of aromatic hydroxyl groups is 4. The molecule has 8 nitrogen and oxygen atoms in total. The van der Waals surface area contributed by atoms with Crippen molar-refractivity contribution in [2.45, 2.75) is 573 Å². The van der Waals surface area contributed by atoms with E-state index < -0.39 is 82.4 Å². The van der Waals surface area contributed by atoms with Gasteiger partial charge in [-0.15, -0.1) is 0 Å². The van der Waals surface area contributed by atoms with Crippen LogP contribution in [0.1, 0.15) is 550 Å². The van der Waals surface area contributed by atoms with Crippen molar-refractivity contribution >= 4 is 37.2 Å². The van der Waals surface area contributed by atoms with Crippen LogP contribution >= 0.6 is 25.3 Å². The first-order valence-electron chi connectivity index (χ1n) is 51.5. The van der Waals surface area contributed by atoms with E-state index in [4.69, 9.17) is 34.7 Å². The normalized spacial score (nSPS) is 13.4. The van der Waals surface area contributed by atoms with E-state index in [2.05, 4.69) is 242 Å². The number of carbonyl (C=O) groups excluding carboxylic acids is 2. The van der Waals surface area contributed by atoms with E-state index in [1.807, 2.05) is 0 Å². The fourth-order valence-electron chi connectivity index (χ4n) is 19.7. The summed E-state index contributed by atoms with van der Waals surface area (Å²) in [5, 5.41) is 50.2. The molecule has 0 aliphatic rings. The molecule has 0 amide bonds. The summed E-state index contributed by atoms with van der Waals surface area (Å²) in [6.45, 7) is 61.2. The molecule has 10 heteroatoms. The molecule has 125 heavy (non-hydrogen) atoms. The van der Waals surface area contributed by atoms with Crippen LogP contribution in [-0.4, -0.2) is 53.1 Å². The average Bonchev–Trinajstić information content (AvgIpc) is 0.746. The van der Waals surface area contributed by atoms with Gasteiger partial charge in [-0.05, 0) is 187 Å². The van der Waals surface area contributed by atoms with Crippen LogP contribution in [0, 0.1) is 0 Å². The number of rotatable bonds is 58. The standard InChI is InChI=1S/C115H196O8S2/c1-29-33-37-41-45-49-53-57-61-65-69-112(70-66-62-58-54-50-46-42-38-34-30-2,114(124,82-86-73-90(104(5,6)7)100(118)91(74-86)105(8,9)10)83-87-75-92(106(11,12)13)101(119)93(76-87)107(14,15)16)122-98(116)81-99(117)123-113(71-67-63-59-55-51-47-43-39-35-31-3,72-68-64-60-56-52-48-44-40-36-32-4)115(125,84-88-77-94(108(17,18)19)102(120)95(78-88)109(20,21)22)85-89-79-96(110(23,24)25)103(121)97(80-89)111(26,27)28/h73-80,118-121,124-125H,29-72,81-85H2,1-28H3. The minimum atomic E-state index is -1.28. The molecule has 4 rings (SSSR count). The molecule has 0 aromatic heterocycles. The number of carbonyl (C=O) groups is 2. The molecule has 0 saturated heterocycles. The third-order valence-corrected chi connectivity index (χ3v) is 28.9. The van der Waals surface area contributed by atoms with Crippen LogP contribution in [0.5, 0.6) is 23.0 Å². The quantitative estimate of drug-likeness (QED) is 0.0111. The lowest BCUT2D eigenvalue weighted by Gasteiger charge is -2.49. The zero-order chi connectivity index (χ0) is 94.1. The lowest BCUT2D eigenvalue weighted by molar-refractivity contribution is -0.178. The van der Waals surface area contributed by atoms with Gasteiger partial charge in [-0.2, -0.15) is 25.3 Å². The highest BCUT2D eigenvalue weighted by atomic mass is 32.1. The Morgan fingerprint density at radius 2 is 0.360 bits per heavy atom. The van der Waals surface area contributed by atoms with Gasteiger partial charge in [0.25, 0.3) is 0 Å². The van der Waals surface area contributed by atoms with Crippen LogP contribution < -0.4 is 0 Å². The van der Waals surface area contributed by atoms with Crippen molar-refractivity contribution in [3.8, 4) is 23.0 Å². The Labute approximate surface area is 782 Å². The summed E-state index contributed by atoms with van der Waals surface area (Å²) in [5.41, 5.74) is 4.66. The molecule has 4 N–H and O–H groups in total. The predicted molar refractivity (Wildman–Crippen MR) is 548 cm³/mol. The fraction of sp³-hybridized carbons (Fsp3) is 0.774. The topological polar surface area (TPSA) is 134 Å². The number of esters is 2. The molecule has 0 atom stereocenters. The molecule has 0 fully saturated rings. The smallest absolute Gasteiger partial charge is 0.317 e. The number of benzene rings is 4. The van der Waals surface area contributed by atoms with Crippen LogP contribution in [0.2, 0.25) is 0 Å². The average molecular weight is 1770 g/mol. The second-order valence-corrected chi connectivity index (χ2v) is 49.5. The zero-order valence-corrected chi connectivity index (χ0v) is 88.4. The van der Waals surface area contributed by atoms with Gasteiger partial charge in [0.1, 0.15) is 40.6 Å². The zero-order valence-electron chi connectivity index (χ0n) is 86.6. The highest BCUT2D eigenvalue weighted by Crippen LogP contribution is 2.54. The molecule has 4 aromatic carbocycles. The van der Waals surface area contributed by atoms with Gasteiger partial charge in [0.15, 0.2) is 0 Å². The second-order valence-electron chi connectivity index (χ2n) is 47.8. The Hall–Kier alpha value is -4.28. The van der Waals surface area contributed by atoms with Gasteiger partial charge in [0.05, 0.1) is 9.49 Å². The van der Waals surface area contributed by atoms with Crippen molar-refractivity contribution in [3.05, 3.63) is 115 Å². The summed E-state index contributed by atoms with van der Waals surface area (Å²) in [4.78, 5) is 33.8. The minimum absolute atomic E-state index is 0.302. The molecule has 0 aliphatic heterocycles. The van der Waals surface area contributed by atoms with Crippen molar-refractivity contribution in [2.75, 3.05) is 0 Å². The summed E-state index contributed by atoms with van der Waals surface area (Å²) in [5.74, 6) is -0.0362. The summed E-state index contributed by atoms with van der Waals surface area (Å²) >= 11 is 12.8. The molecular formula is C115H196O8S2. The van der Waals surface area contributed by atoms with Gasteiger partial charge in [0.2, 0.25) is 0 Å². The van der Waals surface area contributed by atoms with E-state index in [1.165, 1.54) is 154 Å². The van der Waals surface area contributed by atoms with Crippen LogP contribution in [0.4, 0.5) is 0 Å². The maximum absolute atomic E-state index is 16.9. The summed E-state index contributed by atoms with van der Waals surface area (Å²) in [6, 6.07) is 17.6. The Bertz CT molecular complexity index is 3190. The van der Waals surface area contributed by atoms with E-state index in [-0.39, 0.29) is 0 Å². The van der Waals surface area contributed by atoms with Gasteiger partial charge < -0.3 is 29.9 Å². The Morgan fingerprint density at radius 1 is 0.232 bits per heavy atom. The van der Waals surface area contributed by atoms with Crippen molar-refractivity contribution in [2.24, 2.45) is 0 Å². The number of phenolic OH excluding ortho intramolecular Hbond substituents is 4. The van der Waals surface area contributed by atoms with Gasteiger partial charge in [-0.3, -0.25) is 9.59 Å². The lowest BCUT2D eigenvalue weighted by Crippen LogP contribution is -2.57. The molecule has 0 heterocycles. The number of phenols is 4. The monoisotopic (exact) mass is 1770 g/mol. The first-order valence-corrected chi connectivity index (χ1v) is 52.4. The first-order chi connectivity index (χ1) is 58.1. The van der Waals surface area contributed by atoms with Crippen molar-refractivity contribution in [1.82, 2.24) is 0 Å². The molecule has 4 aromatic rings. The fourth-order valence-corrected chi connectivity index (χ4v) is 20.9. The maximum Gasteiger partial charge on any atom is 0.317 e. The predicted octanol–water partition coefficient (Wildman–Crippen LogP) is 34.7. The number of hydrogen-bond acceptors (Lipinski definition) is 10. The molecule has 0 spiro atoms. The molecule has 0 unspecified atom stereocenters. The minimum Gasteiger partial charge on any atom is -0.507 e. The molecule has 716 valence electrons. The molecular weight excluding hydrogens is 1570 g/mol. The van der Waals surface area contributed by atoms with E-state index in [0.29, 0.717) is 74.4 Å². The Morgan fingerprint density at radius 3 is 0.488 bits per heavy atom. The third-order valence-electron chi connectivity index (χ3n) is 27.5.